The van der Waals surface area contributed by atoms with E-state index in [0.717, 1.165) is 48.6 Å². The maximum atomic E-state index is 5.73. The van der Waals surface area contributed by atoms with Crippen LogP contribution in [0.25, 0.3) is 0 Å². The number of fused-ring (bicyclic) bond motifs is 1. The van der Waals surface area contributed by atoms with Gasteiger partial charge in [0.25, 0.3) is 0 Å². The molecule has 1 N–H and O–H groups in total. The number of unbranched alkanes of at least 4 members (excludes halogenated alkanes) is 2. The molecule has 3 nitrogen and oxygen atoms in total. The summed E-state index contributed by atoms with van der Waals surface area (Å²) in [6, 6.07) is 4.17. The molecule has 0 saturated carbocycles. The summed E-state index contributed by atoms with van der Waals surface area (Å²) in [5.41, 5.74) is 1.31. The van der Waals surface area contributed by atoms with Gasteiger partial charge < -0.3 is 14.8 Å². The van der Waals surface area contributed by atoms with Crippen LogP contribution < -0.4 is 14.8 Å². The van der Waals surface area contributed by atoms with E-state index in [1.54, 1.807) is 0 Å². The maximum absolute atomic E-state index is 5.73. The van der Waals surface area contributed by atoms with Crippen LogP contribution in [0, 0.1) is 0 Å². The highest BCUT2D eigenvalue weighted by atomic mass is 79.9. The van der Waals surface area contributed by atoms with Crippen molar-refractivity contribution in [2.24, 2.45) is 0 Å². The summed E-state index contributed by atoms with van der Waals surface area (Å²) < 4.78 is 12.5. The van der Waals surface area contributed by atoms with Gasteiger partial charge in [0.1, 0.15) is 0 Å². The van der Waals surface area contributed by atoms with E-state index in [9.17, 15) is 0 Å². The van der Waals surface area contributed by atoms with Gasteiger partial charge in [-0.2, -0.15) is 0 Å². The van der Waals surface area contributed by atoms with E-state index in [1.165, 1.54) is 24.8 Å². The molecule has 0 bridgehead atoms. The number of rotatable bonds is 6. The van der Waals surface area contributed by atoms with Crippen molar-refractivity contribution in [2.75, 3.05) is 26.8 Å². The highest BCUT2D eigenvalue weighted by molar-refractivity contribution is 9.10. The van der Waals surface area contributed by atoms with Crippen molar-refractivity contribution in [1.82, 2.24) is 5.32 Å². The van der Waals surface area contributed by atoms with Crippen LogP contribution in [0.3, 0.4) is 0 Å². The molecule has 2 rings (SSSR count). The van der Waals surface area contributed by atoms with Gasteiger partial charge in [0.2, 0.25) is 0 Å². The Morgan fingerprint density at radius 1 is 1.11 bits per heavy atom. The number of ether oxygens (including phenoxy) is 2. The van der Waals surface area contributed by atoms with E-state index in [0.29, 0.717) is 0 Å². The molecule has 0 atom stereocenters. The number of hydrogen-bond donors (Lipinski definition) is 1. The largest absolute Gasteiger partial charge is 0.490 e. The molecule has 0 radical (unpaired) electrons. The SMILES string of the molecule is CNCCCCCc1cc2c(cc1Br)OCCCO2. The molecular formula is C15H22BrNO2. The van der Waals surface area contributed by atoms with Crippen LogP contribution in [0.5, 0.6) is 11.5 Å². The van der Waals surface area contributed by atoms with E-state index < -0.39 is 0 Å². The second-order valence-electron chi connectivity index (χ2n) is 4.86. The van der Waals surface area contributed by atoms with E-state index in [2.05, 4.69) is 27.3 Å². The lowest BCUT2D eigenvalue weighted by Crippen LogP contribution is -2.07. The molecule has 1 aromatic carbocycles. The molecule has 1 aliphatic heterocycles. The number of halogens is 1. The Kier molecular flexibility index (Phi) is 5.98. The van der Waals surface area contributed by atoms with Gasteiger partial charge in [-0.1, -0.05) is 22.4 Å². The topological polar surface area (TPSA) is 30.5 Å². The molecule has 0 aliphatic carbocycles. The summed E-state index contributed by atoms with van der Waals surface area (Å²) in [4.78, 5) is 0. The molecule has 4 heteroatoms. The molecule has 1 aromatic rings. The third-order valence-corrected chi connectivity index (χ3v) is 4.03. The fourth-order valence-electron chi connectivity index (χ4n) is 2.21. The predicted octanol–water partition coefficient (Wildman–Crippen LogP) is 3.54. The van der Waals surface area contributed by atoms with Gasteiger partial charge >= 0.3 is 0 Å². The minimum atomic E-state index is 0.739. The third kappa shape index (κ3) is 4.39. The molecule has 0 fully saturated rings. The van der Waals surface area contributed by atoms with Crippen LogP contribution >= 0.6 is 15.9 Å². The van der Waals surface area contributed by atoms with Crippen LogP contribution in [0.4, 0.5) is 0 Å². The first-order valence-corrected chi connectivity index (χ1v) is 7.83. The fourth-order valence-corrected chi connectivity index (χ4v) is 2.73. The van der Waals surface area contributed by atoms with Crippen molar-refractivity contribution in [3.63, 3.8) is 0 Å². The normalized spacial score (nSPS) is 14.2. The lowest BCUT2D eigenvalue weighted by molar-refractivity contribution is 0.297. The second kappa shape index (κ2) is 7.75. The van der Waals surface area contributed by atoms with E-state index >= 15 is 0 Å². The van der Waals surface area contributed by atoms with Crippen LogP contribution in [0.15, 0.2) is 16.6 Å². The Hall–Kier alpha value is -0.740. The molecule has 0 amide bonds. The Bertz CT molecular complexity index is 409. The third-order valence-electron chi connectivity index (χ3n) is 3.29. The number of nitrogens with one attached hydrogen (secondary N) is 1. The summed E-state index contributed by atoms with van der Waals surface area (Å²) in [7, 11) is 2.00. The minimum Gasteiger partial charge on any atom is -0.490 e. The molecule has 0 unspecified atom stereocenters. The lowest BCUT2D eigenvalue weighted by atomic mass is 10.1. The summed E-state index contributed by atoms with van der Waals surface area (Å²) in [6.07, 6.45) is 5.73. The molecule has 1 heterocycles. The molecule has 1 aliphatic rings. The van der Waals surface area contributed by atoms with Gasteiger partial charge in [-0.3, -0.25) is 0 Å². The molecule has 0 aromatic heterocycles. The summed E-state index contributed by atoms with van der Waals surface area (Å²) in [5, 5.41) is 3.18. The monoisotopic (exact) mass is 327 g/mol. The Labute approximate surface area is 123 Å². The van der Waals surface area contributed by atoms with Crippen molar-refractivity contribution >= 4 is 15.9 Å². The zero-order chi connectivity index (χ0) is 13.5. The number of benzene rings is 1. The zero-order valence-corrected chi connectivity index (χ0v) is 13.1. The Balaban J connectivity index is 1.95. The first kappa shape index (κ1) is 14.7. The fraction of sp³-hybridized carbons (Fsp3) is 0.600. The van der Waals surface area contributed by atoms with Gasteiger partial charge in [0.05, 0.1) is 13.2 Å². The van der Waals surface area contributed by atoms with Gasteiger partial charge in [0.15, 0.2) is 11.5 Å². The number of aryl methyl sites for hydroxylation is 1. The van der Waals surface area contributed by atoms with E-state index in [1.807, 2.05) is 13.1 Å². The van der Waals surface area contributed by atoms with Gasteiger partial charge in [0, 0.05) is 10.9 Å². The van der Waals surface area contributed by atoms with Crippen molar-refractivity contribution in [1.29, 1.82) is 0 Å². The summed E-state index contributed by atoms with van der Waals surface area (Å²) in [5.74, 6) is 1.76. The minimum absolute atomic E-state index is 0.739. The molecule has 19 heavy (non-hydrogen) atoms. The Morgan fingerprint density at radius 3 is 2.58 bits per heavy atom. The first-order chi connectivity index (χ1) is 9.31. The average Bonchev–Trinajstić information content (AvgIpc) is 2.63. The van der Waals surface area contributed by atoms with Crippen LogP contribution in [-0.4, -0.2) is 26.8 Å². The highest BCUT2D eigenvalue weighted by Gasteiger charge is 2.13. The van der Waals surface area contributed by atoms with Crippen molar-refractivity contribution in [2.45, 2.75) is 32.1 Å². The second-order valence-corrected chi connectivity index (χ2v) is 5.71. The van der Waals surface area contributed by atoms with Crippen molar-refractivity contribution in [3.8, 4) is 11.5 Å². The smallest absolute Gasteiger partial charge is 0.162 e. The van der Waals surface area contributed by atoms with Gasteiger partial charge in [-0.15, -0.1) is 0 Å². The molecular weight excluding hydrogens is 306 g/mol. The van der Waals surface area contributed by atoms with Crippen LogP contribution in [-0.2, 0) is 6.42 Å². The average molecular weight is 328 g/mol. The quantitative estimate of drug-likeness (QED) is 0.810. The molecule has 0 saturated heterocycles. The van der Waals surface area contributed by atoms with Crippen LogP contribution in [0.1, 0.15) is 31.2 Å². The van der Waals surface area contributed by atoms with E-state index in [4.69, 9.17) is 9.47 Å². The molecule has 0 spiro atoms. The maximum Gasteiger partial charge on any atom is 0.162 e. The van der Waals surface area contributed by atoms with Gasteiger partial charge in [-0.05, 0) is 50.6 Å². The van der Waals surface area contributed by atoms with Crippen LogP contribution in [0.2, 0.25) is 0 Å². The Morgan fingerprint density at radius 2 is 1.84 bits per heavy atom. The highest BCUT2D eigenvalue weighted by Crippen LogP contribution is 2.35. The predicted molar refractivity (Wildman–Crippen MR) is 81.2 cm³/mol. The standard InChI is InChI=1S/C15H22BrNO2/c1-17-7-4-2-3-6-12-10-14-15(11-13(12)16)19-9-5-8-18-14/h10-11,17H,2-9H2,1H3. The van der Waals surface area contributed by atoms with Crippen molar-refractivity contribution in [3.05, 3.63) is 22.2 Å². The lowest BCUT2D eigenvalue weighted by Gasteiger charge is -2.11. The van der Waals surface area contributed by atoms with Gasteiger partial charge in [-0.25, -0.2) is 0 Å². The summed E-state index contributed by atoms with van der Waals surface area (Å²) >= 11 is 3.64. The summed E-state index contributed by atoms with van der Waals surface area (Å²) in [6.45, 7) is 2.58. The van der Waals surface area contributed by atoms with Crippen molar-refractivity contribution < 1.29 is 9.47 Å². The zero-order valence-electron chi connectivity index (χ0n) is 11.5. The molecule has 106 valence electrons. The number of hydrogen-bond acceptors (Lipinski definition) is 3. The van der Waals surface area contributed by atoms with E-state index in [-0.39, 0.29) is 0 Å². The first-order valence-electron chi connectivity index (χ1n) is 7.04.